The minimum absolute atomic E-state index is 0.153. The van der Waals surface area contributed by atoms with Crippen LogP contribution in [0.25, 0.3) is 0 Å². The standard InChI is InChI=1S/C17H21N3O2S/c1-2-16-18-15(19-22-16)12-23-11-13-5-7-14(8-6-13)17(21)20-9-3-4-10-20/h5-8H,2-4,9-12H2,1H3. The van der Waals surface area contributed by atoms with Crippen LogP contribution in [0.4, 0.5) is 0 Å². The molecule has 6 heteroatoms. The summed E-state index contributed by atoms with van der Waals surface area (Å²) in [4.78, 5) is 18.5. The lowest BCUT2D eigenvalue weighted by atomic mass is 10.1. The molecule has 0 unspecified atom stereocenters. The maximum Gasteiger partial charge on any atom is 0.253 e. The van der Waals surface area contributed by atoms with E-state index in [1.54, 1.807) is 11.8 Å². The summed E-state index contributed by atoms with van der Waals surface area (Å²) in [5.41, 5.74) is 1.98. The molecule has 1 saturated heterocycles. The molecule has 1 aliphatic heterocycles. The van der Waals surface area contributed by atoms with E-state index in [9.17, 15) is 4.79 Å². The number of carbonyl (C=O) groups is 1. The average molecular weight is 331 g/mol. The Bertz CT molecular complexity index is 648. The van der Waals surface area contributed by atoms with Gasteiger partial charge >= 0.3 is 0 Å². The van der Waals surface area contributed by atoms with E-state index in [2.05, 4.69) is 10.1 Å². The van der Waals surface area contributed by atoms with E-state index in [0.29, 0.717) is 5.89 Å². The SMILES string of the molecule is CCc1nc(CSCc2ccc(C(=O)N3CCCC3)cc2)no1. The number of nitrogens with zero attached hydrogens (tertiary/aromatic N) is 3. The second-order valence-electron chi connectivity index (χ2n) is 5.65. The van der Waals surface area contributed by atoms with Crippen molar-refractivity contribution in [1.82, 2.24) is 15.0 Å². The fourth-order valence-electron chi connectivity index (χ4n) is 2.60. The summed E-state index contributed by atoms with van der Waals surface area (Å²) < 4.78 is 5.09. The van der Waals surface area contributed by atoms with Gasteiger partial charge in [-0.1, -0.05) is 24.2 Å². The van der Waals surface area contributed by atoms with Crippen LogP contribution >= 0.6 is 11.8 Å². The average Bonchev–Trinajstić information content (AvgIpc) is 3.26. The number of carbonyl (C=O) groups excluding carboxylic acids is 1. The number of amides is 1. The van der Waals surface area contributed by atoms with Gasteiger partial charge in [-0.15, -0.1) is 11.8 Å². The minimum Gasteiger partial charge on any atom is -0.339 e. The van der Waals surface area contributed by atoms with Crippen molar-refractivity contribution in [3.63, 3.8) is 0 Å². The third-order valence-corrected chi connectivity index (χ3v) is 4.91. The van der Waals surface area contributed by atoms with E-state index in [4.69, 9.17) is 4.52 Å². The summed E-state index contributed by atoms with van der Waals surface area (Å²) in [7, 11) is 0. The Balaban J connectivity index is 1.50. The van der Waals surface area contributed by atoms with Crippen LogP contribution in [0.3, 0.4) is 0 Å². The van der Waals surface area contributed by atoms with E-state index in [-0.39, 0.29) is 5.91 Å². The zero-order chi connectivity index (χ0) is 16.1. The van der Waals surface area contributed by atoms with Gasteiger partial charge in [-0.25, -0.2) is 0 Å². The van der Waals surface area contributed by atoms with E-state index in [0.717, 1.165) is 55.2 Å². The molecule has 1 aromatic carbocycles. The first kappa shape index (κ1) is 16.1. The molecule has 0 bridgehead atoms. The Morgan fingerprint density at radius 3 is 2.61 bits per heavy atom. The molecule has 1 aliphatic rings. The van der Waals surface area contributed by atoms with Gasteiger partial charge in [0.15, 0.2) is 5.82 Å². The van der Waals surface area contributed by atoms with Crippen LogP contribution in [-0.2, 0) is 17.9 Å². The van der Waals surface area contributed by atoms with Crippen molar-refractivity contribution < 1.29 is 9.32 Å². The van der Waals surface area contributed by atoms with Crippen LogP contribution in [0.2, 0.25) is 0 Å². The first-order valence-electron chi connectivity index (χ1n) is 8.03. The zero-order valence-electron chi connectivity index (χ0n) is 13.3. The third-order valence-electron chi connectivity index (χ3n) is 3.91. The maximum atomic E-state index is 12.3. The van der Waals surface area contributed by atoms with Gasteiger partial charge in [0.25, 0.3) is 5.91 Å². The summed E-state index contributed by atoms with van der Waals surface area (Å²) in [5, 5.41) is 3.94. The van der Waals surface area contributed by atoms with Gasteiger partial charge in [-0.2, -0.15) is 4.98 Å². The molecule has 1 fully saturated rings. The minimum atomic E-state index is 0.153. The maximum absolute atomic E-state index is 12.3. The molecule has 1 amide bonds. The molecule has 2 heterocycles. The monoisotopic (exact) mass is 331 g/mol. The summed E-state index contributed by atoms with van der Waals surface area (Å²) in [6.45, 7) is 3.77. The number of aromatic nitrogens is 2. The first-order chi connectivity index (χ1) is 11.3. The van der Waals surface area contributed by atoms with Crippen molar-refractivity contribution in [2.45, 2.75) is 37.7 Å². The number of hydrogen-bond donors (Lipinski definition) is 0. The van der Waals surface area contributed by atoms with Gasteiger partial charge in [0.1, 0.15) is 0 Å². The molecule has 0 atom stereocenters. The Kier molecular flexibility index (Phi) is 5.33. The molecule has 2 aromatic rings. The highest BCUT2D eigenvalue weighted by Crippen LogP contribution is 2.18. The molecular formula is C17H21N3O2S. The van der Waals surface area contributed by atoms with Gasteiger partial charge in [0.05, 0.1) is 5.75 Å². The number of hydrogen-bond acceptors (Lipinski definition) is 5. The van der Waals surface area contributed by atoms with Crippen molar-refractivity contribution in [2.24, 2.45) is 0 Å². The lowest BCUT2D eigenvalue weighted by Crippen LogP contribution is -2.27. The van der Waals surface area contributed by atoms with E-state index in [1.807, 2.05) is 36.1 Å². The first-order valence-corrected chi connectivity index (χ1v) is 9.19. The molecule has 5 nitrogen and oxygen atoms in total. The fourth-order valence-corrected chi connectivity index (χ4v) is 3.43. The van der Waals surface area contributed by atoms with Gasteiger partial charge in [-0.05, 0) is 30.5 Å². The van der Waals surface area contributed by atoms with Gasteiger partial charge in [0, 0.05) is 30.8 Å². The Morgan fingerprint density at radius 1 is 1.22 bits per heavy atom. The molecule has 0 radical (unpaired) electrons. The molecule has 3 rings (SSSR count). The third kappa shape index (κ3) is 4.13. The Morgan fingerprint density at radius 2 is 1.96 bits per heavy atom. The number of benzene rings is 1. The van der Waals surface area contributed by atoms with Crippen molar-refractivity contribution >= 4 is 17.7 Å². The van der Waals surface area contributed by atoms with Crippen LogP contribution < -0.4 is 0 Å². The molecule has 122 valence electrons. The molecular weight excluding hydrogens is 310 g/mol. The lowest BCUT2D eigenvalue weighted by molar-refractivity contribution is 0.0793. The predicted octanol–water partition coefficient (Wildman–Crippen LogP) is 3.30. The smallest absolute Gasteiger partial charge is 0.253 e. The second-order valence-corrected chi connectivity index (χ2v) is 6.63. The lowest BCUT2D eigenvalue weighted by Gasteiger charge is -2.15. The zero-order valence-corrected chi connectivity index (χ0v) is 14.1. The summed E-state index contributed by atoms with van der Waals surface area (Å²) >= 11 is 1.74. The van der Waals surface area contributed by atoms with E-state index in [1.165, 1.54) is 5.56 Å². The highest BCUT2D eigenvalue weighted by atomic mass is 32.2. The molecule has 1 aromatic heterocycles. The number of likely N-dealkylation sites (tertiary alicyclic amines) is 1. The topological polar surface area (TPSA) is 59.2 Å². The largest absolute Gasteiger partial charge is 0.339 e. The van der Waals surface area contributed by atoms with Crippen molar-refractivity contribution in [2.75, 3.05) is 13.1 Å². The van der Waals surface area contributed by atoms with E-state index >= 15 is 0 Å². The van der Waals surface area contributed by atoms with Crippen molar-refractivity contribution in [1.29, 1.82) is 0 Å². The van der Waals surface area contributed by atoms with E-state index < -0.39 is 0 Å². The van der Waals surface area contributed by atoms with Crippen LogP contribution in [0.1, 0.15) is 47.4 Å². The predicted molar refractivity (Wildman–Crippen MR) is 90.3 cm³/mol. The van der Waals surface area contributed by atoms with Crippen LogP contribution in [-0.4, -0.2) is 34.0 Å². The number of thioether (sulfide) groups is 1. The molecule has 0 spiro atoms. The molecule has 0 saturated carbocycles. The van der Waals surface area contributed by atoms with Crippen LogP contribution in [0, 0.1) is 0 Å². The fraction of sp³-hybridized carbons (Fsp3) is 0.471. The van der Waals surface area contributed by atoms with Gasteiger partial charge < -0.3 is 9.42 Å². The molecule has 0 aliphatic carbocycles. The highest BCUT2D eigenvalue weighted by molar-refractivity contribution is 7.97. The normalized spacial score (nSPS) is 14.4. The van der Waals surface area contributed by atoms with Crippen molar-refractivity contribution in [3.8, 4) is 0 Å². The second kappa shape index (κ2) is 7.64. The summed E-state index contributed by atoms with van der Waals surface area (Å²) in [6.07, 6.45) is 3.01. The quantitative estimate of drug-likeness (QED) is 0.813. The number of rotatable bonds is 6. The Labute approximate surface area is 140 Å². The van der Waals surface area contributed by atoms with Crippen LogP contribution in [0.5, 0.6) is 0 Å². The number of aryl methyl sites for hydroxylation is 1. The Hall–Kier alpha value is -1.82. The summed E-state index contributed by atoms with van der Waals surface area (Å²) in [6, 6.07) is 7.92. The summed E-state index contributed by atoms with van der Waals surface area (Å²) in [5.74, 6) is 3.19. The molecule has 23 heavy (non-hydrogen) atoms. The van der Waals surface area contributed by atoms with Crippen LogP contribution in [0.15, 0.2) is 28.8 Å². The van der Waals surface area contributed by atoms with Gasteiger partial charge in [-0.3, -0.25) is 4.79 Å². The molecule has 0 N–H and O–H groups in total. The van der Waals surface area contributed by atoms with Crippen molar-refractivity contribution in [3.05, 3.63) is 47.1 Å². The highest BCUT2D eigenvalue weighted by Gasteiger charge is 2.19. The van der Waals surface area contributed by atoms with Gasteiger partial charge in [0.2, 0.25) is 5.89 Å².